The van der Waals surface area contributed by atoms with Gasteiger partial charge in [0.25, 0.3) is 0 Å². The highest BCUT2D eigenvalue weighted by atomic mass is 16.6. The molecule has 92 valence electrons. The Morgan fingerprint density at radius 1 is 1.31 bits per heavy atom. The first-order valence-electron chi connectivity index (χ1n) is 5.37. The lowest BCUT2D eigenvalue weighted by Crippen LogP contribution is -2.58. The van der Waals surface area contributed by atoms with Gasteiger partial charge in [-0.2, -0.15) is 0 Å². The van der Waals surface area contributed by atoms with Crippen LogP contribution < -0.4 is 5.32 Å². The van der Waals surface area contributed by atoms with Gasteiger partial charge in [-0.1, -0.05) is 5.16 Å². The van der Waals surface area contributed by atoms with Crippen molar-refractivity contribution in [1.29, 1.82) is 0 Å². The van der Waals surface area contributed by atoms with E-state index in [-0.39, 0.29) is 12.5 Å². The first-order valence-corrected chi connectivity index (χ1v) is 5.37. The number of hydrogen-bond donors (Lipinski definition) is 1. The van der Waals surface area contributed by atoms with Crippen molar-refractivity contribution in [1.82, 2.24) is 10.2 Å². The van der Waals surface area contributed by atoms with Crippen molar-refractivity contribution in [2.24, 2.45) is 10.6 Å². The van der Waals surface area contributed by atoms with Gasteiger partial charge in [-0.15, -0.1) is 0 Å². The van der Waals surface area contributed by atoms with Gasteiger partial charge in [0.05, 0.1) is 11.0 Å². The summed E-state index contributed by atoms with van der Waals surface area (Å²) >= 11 is 0. The Morgan fingerprint density at radius 3 is 2.38 bits per heavy atom. The number of oxime groups is 1. The Balaban J connectivity index is 3.06. The predicted octanol–water partition coefficient (Wildman–Crippen LogP) is 0.813. The third-order valence-electron chi connectivity index (χ3n) is 2.60. The first-order chi connectivity index (χ1) is 7.17. The van der Waals surface area contributed by atoms with Crippen molar-refractivity contribution < 1.29 is 9.63 Å². The van der Waals surface area contributed by atoms with Crippen LogP contribution in [0.15, 0.2) is 5.16 Å². The fraction of sp³-hybridized carbons (Fsp3) is 0.818. The van der Waals surface area contributed by atoms with Crippen molar-refractivity contribution in [2.75, 3.05) is 20.7 Å². The quantitative estimate of drug-likeness (QED) is 0.666. The molecule has 0 saturated heterocycles. The summed E-state index contributed by atoms with van der Waals surface area (Å²) in [5.74, 6) is 0.683. The van der Waals surface area contributed by atoms with Gasteiger partial charge >= 0.3 is 0 Å². The molecule has 0 spiro atoms. The van der Waals surface area contributed by atoms with Crippen LogP contribution in [0.1, 0.15) is 27.7 Å². The van der Waals surface area contributed by atoms with Crippen molar-refractivity contribution in [3.05, 3.63) is 0 Å². The van der Waals surface area contributed by atoms with Crippen molar-refractivity contribution in [3.8, 4) is 0 Å². The molecule has 1 N–H and O–H groups in total. The summed E-state index contributed by atoms with van der Waals surface area (Å²) in [4.78, 5) is 19.1. The van der Waals surface area contributed by atoms with Crippen LogP contribution in [0.2, 0.25) is 0 Å². The highest BCUT2D eigenvalue weighted by Crippen LogP contribution is 2.21. The highest BCUT2D eigenvalue weighted by molar-refractivity contribution is 5.95. The maximum Gasteiger partial charge on any atom is 0.229 e. The van der Waals surface area contributed by atoms with Gasteiger partial charge in [-0.3, -0.25) is 4.79 Å². The minimum Gasteiger partial charge on any atom is -0.393 e. The van der Waals surface area contributed by atoms with Gasteiger partial charge in [-0.25, -0.2) is 0 Å². The zero-order chi connectivity index (χ0) is 12.6. The molecule has 1 aliphatic rings. The Morgan fingerprint density at radius 2 is 1.88 bits per heavy atom. The normalized spacial score (nSPS) is 26.6. The van der Waals surface area contributed by atoms with E-state index in [1.807, 2.05) is 46.7 Å². The van der Waals surface area contributed by atoms with Crippen LogP contribution in [0.4, 0.5) is 0 Å². The first kappa shape index (κ1) is 12.8. The van der Waals surface area contributed by atoms with E-state index in [1.54, 1.807) is 0 Å². The molecule has 1 heterocycles. The van der Waals surface area contributed by atoms with Crippen LogP contribution in [0.5, 0.6) is 0 Å². The predicted molar refractivity (Wildman–Crippen MR) is 63.1 cm³/mol. The number of amidine groups is 1. The average molecular weight is 227 g/mol. The molecular weight excluding hydrogens is 206 g/mol. The van der Waals surface area contributed by atoms with E-state index in [9.17, 15) is 4.79 Å². The van der Waals surface area contributed by atoms with Gasteiger partial charge in [0.2, 0.25) is 5.91 Å². The van der Waals surface area contributed by atoms with Crippen LogP contribution in [-0.4, -0.2) is 42.9 Å². The Labute approximate surface area is 96.8 Å². The molecule has 0 saturated carbocycles. The molecule has 0 bridgehead atoms. The standard InChI is InChI=1S/C11H21N3O2/c1-10(2)7-16-13-8(14(5)6)11(3,4)12-9(10)15/h7H2,1-6H3,(H,12,15)/b13-8+. The highest BCUT2D eigenvalue weighted by Gasteiger charge is 2.38. The molecule has 5 heteroatoms. The van der Waals surface area contributed by atoms with E-state index < -0.39 is 11.0 Å². The zero-order valence-electron chi connectivity index (χ0n) is 10.9. The Hall–Kier alpha value is -1.26. The smallest absolute Gasteiger partial charge is 0.229 e. The van der Waals surface area contributed by atoms with Gasteiger partial charge in [0, 0.05) is 14.1 Å². The number of hydrogen-bond acceptors (Lipinski definition) is 4. The third-order valence-corrected chi connectivity index (χ3v) is 2.60. The second kappa shape index (κ2) is 3.96. The Bertz CT molecular complexity index is 319. The van der Waals surface area contributed by atoms with Crippen LogP contribution in [0.25, 0.3) is 0 Å². The summed E-state index contributed by atoms with van der Waals surface area (Å²) in [5.41, 5.74) is -1.09. The molecule has 0 atom stereocenters. The molecule has 0 aromatic carbocycles. The van der Waals surface area contributed by atoms with E-state index >= 15 is 0 Å². The number of carbonyl (C=O) groups excluding carboxylic acids is 1. The van der Waals surface area contributed by atoms with E-state index in [0.717, 1.165) is 0 Å². The number of likely N-dealkylation sites (N-methyl/N-ethyl adjacent to an activating group) is 1. The van der Waals surface area contributed by atoms with Crippen LogP contribution in [-0.2, 0) is 9.63 Å². The molecule has 16 heavy (non-hydrogen) atoms. The van der Waals surface area contributed by atoms with E-state index in [2.05, 4.69) is 10.5 Å². The van der Waals surface area contributed by atoms with Crippen molar-refractivity contribution in [2.45, 2.75) is 33.2 Å². The lowest BCUT2D eigenvalue weighted by Gasteiger charge is -2.36. The molecule has 0 unspecified atom stereocenters. The van der Waals surface area contributed by atoms with Crippen LogP contribution >= 0.6 is 0 Å². The molecule has 1 rings (SSSR count). The molecular formula is C11H21N3O2. The topological polar surface area (TPSA) is 53.9 Å². The lowest BCUT2D eigenvalue weighted by atomic mass is 9.91. The number of carbonyl (C=O) groups is 1. The monoisotopic (exact) mass is 227 g/mol. The van der Waals surface area contributed by atoms with E-state index in [4.69, 9.17) is 4.84 Å². The Kier molecular flexibility index (Phi) is 3.17. The summed E-state index contributed by atoms with van der Waals surface area (Å²) in [6.45, 7) is 7.79. The minimum atomic E-state index is -0.557. The van der Waals surface area contributed by atoms with E-state index in [1.165, 1.54) is 0 Å². The summed E-state index contributed by atoms with van der Waals surface area (Å²) in [7, 11) is 3.76. The molecule has 1 aliphatic heterocycles. The molecule has 5 nitrogen and oxygen atoms in total. The van der Waals surface area contributed by atoms with Crippen LogP contribution in [0.3, 0.4) is 0 Å². The van der Waals surface area contributed by atoms with Crippen molar-refractivity contribution >= 4 is 11.7 Å². The molecule has 0 fully saturated rings. The fourth-order valence-electron chi connectivity index (χ4n) is 1.58. The summed E-state index contributed by atoms with van der Waals surface area (Å²) in [6, 6.07) is 0. The molecule has 0 aliphatic carbocycles. The largest absolute Gasteiger partial charge is 0.393 e. The molecule has 0 aromatic rings. The van der Waals surface area contributed by atoms with Crippen molar-refractivity contribution in [3.63, 3.8) is 0 Å². The molecule has 0 radical (unpaired) electrons. The maximum atomic E-state index is 12.0. The summed E-state index contributed by atoms with van der Waals surface area (Å²) in [6.07, 6.45) is 0. The molecule has 0 aromatic heterocycles. The van der Waals surface area contributed by atoms with Gasteiger partial charge in [0.1, 0.15) is 6.61 Å². The fourth-order valence-corrected chi connectivity index (χ4v) is 1.58. The third kappa shape index (κ3) is 2.46. The molecule has 1 amide bonds. The second-order valence-corrected chi connectivity index (χ2v) is 5.55. The average Bonchev–Trinajstić information content (AvgIpc) is 2.09. The zero-order valence-corrected chi connectivity index (χ0v) is 10.9. The lowest BCUT2D eigenvalue weighted by molar-refractivity contribution is -0.134. The van der Waals surface area contributed by atoms with Gasteiger partial charge in [0.15, 0.2) is 5.84 Å². The van der Waals surface area contributed by atoms with Gasteiger partial charge < -0.3 is 15.1 Å². The number of nitrogens with zero attached hydrogens (tertiary/aromatic N) is 2. The minimum absolute atomic E-state index is 0.0215. The summed E-state index contributed by atoms with van der Waals surface area (Å²) in [5, 5.41) is 7.08. The maximum absolute atomic E-state index is 12.0. The number of amides is 1. The number of rotatable bonds is 0. The SMILES string of the molecule is CN(C)/C1=N/OCC(C)(C)C(=O)NC1(C)C. The van der Waals surface area contributed by atoms with E-state index in [0.29, 0.717) is 5.84 Å². The van der Waals surface area contributed by atoms with Crippen LogP contribution in [0, 0.1) is 5.41 Å². The number of nitrogens with one attached hydrogen (secondary N) is 1. The van der Waals surface area contributed by atoms with Gasteiger partial charge in [-0.05, 0) is 27.7 Å². The second-order valence-electron chi connectivity index (χ2n) is 5.55. The summed E-state index contributed by atoms with van der Waals surface area (Å²) < 4.78 is 0.